The molecule has 170 valence electrons. The smallest absolute Gasteiger partial charge is 0.320 e. The highest BCUT2D eigenvalue weighted by Crippen LogP contribution is 2.35. The number of pyridine rings is 2. The number of halogens is 4. The van der Waals surface area contributed by atoms with Gasteiger partial charge in [0.25, 0.3) is 5.91 Å². The van der Waals surface area contributed by atoms with Crippen LogP contribution >= 0.6 is 11.6 Å². The molecule has 0 radical (unpaired) electrons. The van der Waals surface area contributed by atoms with E-state index in [-0.39, 0.29) is 22.2 Å². The molecule has 9 nitrogen and oxygen atoms in total. The summed E-state index contributed by atoms with van der Waals surface area (Å²) in [7, 11) is 0. The van der Waals surface area contributed by atoms with Crippen LogP contribution in [0, 0.1) is 0 Å². The molecule has 0 unspecified atom stereocenters. The van der Waals surface area contributed by atoms with E-state index in [0.717, 1.165) is 11.0 Å². The van der Waals surface area contributed by atoms with Crippen LogP contribution in [0.1, 0.15) is 16.1 Å². The second kappa shape index (κ2) is 8.23. The fourth-order valence-electron chi connectivity index (χ4n) is 3.41. The minimum atomic E-state index is -4.88. The number of carbonyl (C=O) groups is 1. The fraction of sp³-hybridized carbons (Fsp3) is 0.0476. The molecule has 0 aliphatic heterocycles. The SMILES string of the molecule is O=C(Nc1cnc(-n2nccn2)c(Cl)c1)c1cnn(-c2cncc3ccccc23)c1C(F)(F)F. The lowest BCUT2D eigenvalue weighted by molar-refractivity contribution is -0.143. The van der Waals surface area contributed by atoms with Crippen LogP contribution in [0.5, 0.6) is 0 Å². The number of aromatic nitrogens is 7. The zero-order chi connectivity index (χ0) is 23.9. The minimum Gasteiger partial charge on any atom is -0.320 e. The Labute approximate surface area is 193 Å². The van der Waals surface area contributed by atoms with E-state index in [0.29, 0.717) is 15.5 Å². The van der Waals surface area contributed by atoms with Crippen molar-refractivity contribution in [3.05, 3.63) is 83.8 Å². The number of hydrogen-bond acceptors (Lipinski definition) is 6. The Bertz CT molecular complexity index is 1510. The quantitative estimate of drug-likeness (QED) is 0.407. The van der Waals surface area contributed by atoms with Crippen molar-refractivity contribution in [2.75, 3.05) is 5.32 Å². The first-order valence-corrected chi connectivity index (χ1v) is 10.0. The third-order valence-electron chi connectivity index (χ3n) is 4.85. The standard InChI is InChI=1S/C21H12ClF3N8O/c22-16-7-13(9-27-19(16)33-28-5-6-29-33)31-20(34)15-10-30-32(18(15)21(23,24)25)17-11-26-8-12-3-1-2-4-14(12)17/h1-11H,(H,31,34). The van der Waals surface area contributed by atoms with Gasteiger partial charge in [0.15, 0.2) is 11.5 Å². The Morgan fingerprint density at radius 1 is 1.00 bits per heavy atom. The van der Waals surface area contributed by atoms with Crippen LogP contribution in [0.2, 0.25) is 5.02 Å². The molecule has 5 rings (SSSR count). The lowest BCUT2D eigenvalue weighted by Crippen LogP contribution is -2.21. The minimum absolute atomic E-state index is 0.0820. The van der Waals surface area contributed by atoms with Gasteiger partial charge in [-0.05, 0) is 6.07 Å². The van der Waals surface area contributed by atoms with Gasteiger partial charge < -0.3 is 5.32 Å². The number of carbonyl (C=O) groups excluding carboxylic acids is 1. The average Bonchev–Trinajstić information content (AvgIpc) is 3.49. The number of alkyl halides is 3. The molecule has 1 aromatic carbocycles. The van der Waals surface area contributed by atoms with Gasteiger partial charge in [0.05, 0.1) is 52.9 Å². The molecule has 0 aliphatic rings. The number of amides is 1. The van der Waals surface area contributed by atoms with Gasteiger partial charge in [0.1, 0.15) is 0 Å². The Morgan fingerprint density at radius 2 is 1.76 bits per heavy atom. The van der Waals surface area contributed by atoms with Crippen molar-refractivity contribution in [2.24, 2.45) is 0 Å². The van der Waals surface area contributed by atoms with E-state index < -0.39 is 23.3 Å². The average molecular weight is 485 g/mol. The van der Waals surface area contributed by atoms with E-state index in [9.17, 15) is 18.0 Å². The molecular formula is C21H12ClF3N8O. The number of benzene rings is 1. The topological polar surface area (TPSA) is 103 Å². The summed E-state index contributed by atoms with van der Waals surface area (Å²) in [5.74, 6) is -0.841. The van der Waals surface area contributed by atoms with Crippen molar-refractivity contribution in [3.63, 3.8) is 0 Å². The van der Waals surface area contributed by atoms with Crippen LogP contribution in [0.15, 0.2) is 67.5 Å². The maximum Gasteiger partial charge on any atom is 0.434 e. The van der Waals surface area contributed by atoms with Crippen molar-refractivity contribution in [1.29, 1.82) is 0 Å². The molecule has 0 bridgehead atoms. The molecule has 0 spiro atoms. The summed E-state index contributed by atoms with van der Waals surface area (Å²) >= 11 is 6.18. The van der Waals surface area contributed by atoms with Gasteiger partial charge in [-0.25, -0.2) is 9.67 Å². The summed E-state index contributed by atoms with van der Waals surface area (Å²) < 4.78 is 42.9. The van der Waals surface area contributed by atoms with Gasteiger partial charge in [-0.3, -0.25) is 9.78 Å². The third kappa shape index (κ3) is 3.83. The first-order chi connectivity index (χ1) is 16.3. The molecule has 4 heterocycles. The van der Waals surface area contributed by atoms with Crippen LogP contribution in [0.4, 0.5) is 18.9 Å². The van der Waals surface area contributed by atoms with Crippen LogP contribution in [-0.4, -0.2) is 40.6 Å². The monoisotopic (exact) mass is 484 g/mol. The zero-order valence-corrected chi connectivity index (χ0v) is 17.7. The van der Waals surface area contributed by atoms with Crippen molar-refractivity contribution in [3.8, 4) is 11.5 Å². The van der Waals surface area contributed by atoms with Crippen LogP contribution in [0.25, 0.3) is 22.3 Å². The predicted molar refractivity (Wildman–Crippen MR) is 116 cm³/mol. The Morgan fingerprint density at radius 3 is 2.50 bits per heavy atom. The molecule has 34 heavy (non-hydrogen) atoms. The highest BCUT2D eigenvalue weighted by atomic mass is 35.5. The molecule has 0 aliphatic carbocycles. The van der Waals surface area contributed by atoms with Crippen molar-refractivity contribution in [2.45, 2.75) is 6.18 Å². The summed E-state index contributed by atoms with van der Waals surface area (Å²) in [4.78, 5) is 22.1. The van der Waals surface area contributed by atoms with Crippen LogP contribution < -0.4 is 5.32 Å². The largest absolute Gasteiger partial charge is 0.434 e. The van der Waals surface area contributed by atoms with Gasteiger partial charge in [-0.1, -0.05) is 35.9 Å². The molecule has 1 amide bonds. The number of hydrogen-bond donors (Lipinski definition) is 1. The van der Waals surface area contributed by atoms with Gasteiger partial charge in [0, 0.05) is 17.0 Å². The first kappa shape index (κ1) is 21.5. The van der Waals surface area contributed by atoms with E-state index in [2.05, 4.69) is 30.6 Å². The normalized spacial score (nSPS) is 11.6. The van der Waals surface area contributed by atoms with Crippen LogP contribution in [0.3, 0.4) is 0 Å². The summed E-state index contributed by atoms with van der Waals surface area (Å²) in [6, 6.07) is 8.13. The predicted octanol–water partition coefficient (Wildman–Crippen LogP) is 4.32. The van der Waals surface area contributed by atoms with E-state index in [1.807, 2.05) is 0 Å². The third-order valence-corrected chi connectivity index (χ3v) is 5.12. The van der Waals surface area contributed by atoms with Gasteiger partial charge in [0.2, 0.25) is 0 Å². The van der Waals surface area contributed by atoms with Gasteiger partial charge in [-0.2, -0.15) is 28.5 Å². The van der Waals surface area contributed by atoms with Crippen molar-refractivity contribution >= 4 is 34.0 Å². The van der Waals surface area contributed by atoms with E-state index in [1.165, 1.54) is 37.1 Å². The van der Waals surface area contributed by atoms with Crippen LogP contribution in [-0.2, 0) is 6.18 Å². The second-order valence-electron chi connectivity index (χ2n) is 7.00. The lowest BCUT2D eigenvalue weighted by Gasteiger charge is -2.14. The molecule has 1 N–H and O–H groups in total. The van der Waals surface area contributed by atoms with E-state index in [4.69, 9.17) is 11.6 Å². The number of anilines is 1. The lowest BCUT2D eigenvalue weighted by atomic mass is 10.1. The fourth-order valence-corrected chi connectivity index (χ4v) is 3.65. The molecule has 5 aromatic rings. The van der Waals surface area contributed by atoms with Gasteiger partial charge in [-0.15, -0.1) is 4.80 Å². The van der Waals surface area contributed by atoms with E-state index in [1.54, 1.807) is 24.3 Å². The Hall–Kier alpha value is -4.32. The number of rotatable bonds is 4. The molecule has 0 saturated carbocycles. The highest BCUT2D eigenvalue weighted by Gasteiger charge is 2.41. The molecule has 0 saturated heterocycles. The number of fused-ring (bicyclic) bond motifs is 1. The Balaban J connectivity index is 1.53. The van der Waals surface area contributed by atoms with E-state index >= 15 is 0 Å². The maximum absolute atomic E-state index is 14.1. The summed E-state index contributed by atoms with van der Waals surface area (Å²) in [5, 5.41) is 15.3. The second-order valence-corrected chi connectivity index (χ2v) is 7.41. The first-order valence-electron chi connectivity index (χ1n) is 9.65. The molecule has 0 fully saturated rings. The summed E-state index contributed by atoms with van der Waals surface area (Å²) in [6.07, 6.45) is 2.85. The molecular weight excluding hydrogens is 473 g/mol. The Kier molecular flexibility index (Phi) is 5.21. The van der Waals surface area contributed by atoms with Gasteiger partial charge >= 0.3 is 6.18 Å². The van der Waals surface area contributed by atoms with Crippen molar-refractivity contribution < 1.29 is 18.0 Å². The van der Waals surface area contributed by atoms with Crippen molar-refractivity contribution in [1.82, 2.24) is 34.7 Å². The molecule has 13 heteroatoms. The molecule has 0 atom stereocenters. The summed E-state index contributed by atoms with van der Waals surface area (Å²) in [5.41, 5.74) is -1.74. The highest BCUT2D eigenvalue weighted by molar-refractivity contribution is 6.32. The number of nitrogens with zero attached hydrogens (tertiary/aromatic N) is 7. The number of nitrogens with one attached hydrogen (secondary N) is 1. The summed E-state index contributed by atoms with van der Waals surface area (Å²) in [6.45, 7) is 0. The maximum atomic E-state index is 14.1. The zero-order valence-electron chi connectivity index (χ0n) is 16.9. The molecule has 4 aromatic heterocycles.